The van der Waals surface area contributed by atoms with Gasteiger partial charge in [0.1, 0.15) is 0 Å². The lowest BCUT2D eigenvalue weighted by Gasteiger charge is -2.17. The van der Waals surface area contributed by atoms with Gasteiger partial charge in [-0.05, 0) is 17.9 Å². The quantitative estimate of drug-likeness (QED) is 0.525. The molecule has 1 aromatic heterocycles. The second-order valence-corrected chi connectivity index (χ2v) is 3.85. The van der Waals surface area contributed by atoms with Crippen molar-refractivity contribution in [3.63, 3.8) is 0 Å². The topological polar surface area (TPSA) is 46.3 Å². The van der Waals surface area contributed by atoms with Crippen LogP contribution in [0, 0.1) is 0 Å². The van der Waals surface area contributed by atoms with Gasteiger partial charge in [0.15, 0.2) is 0 Å². The lowest BCUT2D eigenvalue weighted by molar-refractivity contribution is -0.129. The fourth-order valence-electron chi connectivity index (χ4n) is 1.46. The SMILES string of the molecule is NN1C(=O)CCC1c1cccs1. The van der Waals surface area contributed by atoms with Gasteiger partial charge in [0.25, 0.3) is 0 Å². The molecule has 2 N–H and O–H groups in total. The summed E-state index contributed by atoms with van der Waals surface area (Å²) in [5.74, 6) is 5.65. The van der Waals surface area contributed by atoms with E-state index in [0.29, 0.717) is 6.42 Å². The number of hydrogen-bond donors (Lipinski definition) is 1. The first-order chi connectivity index (χ1) is 5.79. The van der Waals surface area contributed by atoms with Crippen molar-refractivity contribution in [2.75, 3.05) is 0 Å². The molecule has 1 unspecified atom stereocenters. The van der Waals surface area contributed by atoms with Crippen LogP contribution in [-0.4, -0.2) is 10.9 Å². The normalized spacial score (nSPS) is 23.6. The number of hydrogen-bond acceptors (Lipinski definition) is 3. The molecule has 1 amide bonds. The van der Waals surface area contributed by atoms with Crippen LogP contribution >= 0.6 is 11.3 Å². The van der Waals surface area contributed by atoms with Crippen LogP contribution in [0.1, 0.15) is 23.8 Å². The molecule has 1 aromatic rings. The van der Waals surface area contributed by atoms with E-state index >= 15 is 0 Å². The van der Waals surface area contributed by atoms with Gasteiger partial charge in [0, 0.05) is 11.3 Å². The molecule has 1 saturated heterocycles. The van der Waals surface area contributed by atoms with E-state index in [9.17, 15) is 4.79 Å². The number of nitrogens with two attached hydrogens (primary N) is 1. The monoisotopic (exact) mass is 182 g/mol. The van der Waals surface area contributed by atoms with Crippen molar-refractivity contribution in [3.05, 3.63) is 22.4 Å². The first-order valence-corrected chi connectivity index (χ1v) is 4.77. The van der Waals surface area contributed by atoms with Gasteiger partial charge >= 0.3 is 0 Å². The van der Waals surface area contributed by atoms with Crippen LogP contribution < -0.4 is 5.84 Å². The molecule has 0 aromatic carbocycles. The van der Waals surface area contributed by atoms with E-state index in [4.69, 9.17) is 5.84 Å². The molecule has 0 bridgehead atoms. The van der Waals surface area contributed by atoms with Crippen LogP contribution in [0.4, 0.5) is 0 Å². The van der Waals surface area contributed by atoms with Crippen molar-refractivity contribution in [2.24, 2.45) is 5.84 Å². The van der Waals surface area contributed by atoms with Gasteiger partial charge in [-0.25, -0.2) is 5.84 Å². The van der Waals surface area contributed by atoms with Crippen molar-refractivity contribution in [1.82, 2.24) is 5.01 Å². The molecular formula is C8H10N2OS. The summed E-state index contributed by atoms with van der Waals surface area (Å²) in [5.41, 5.74) is 0. The summed E-state index contributed by atoms with van der Waals surface area (Å²) < 4.78 is 0. The summed E-state index contributed by atoms with van der Waals surface area (Å²) in [4.78, 5) is 12.3. The zero-order chi connectivity index (χ0) is 8.55. The van der Waals surface area contributed by atoms with Crippen molar-refractivity contribution >= 4 is 17.2 Å². The molecular weight excluding hydrogens is 172 g/mol. The van der Waals surface area contributed by atoms with Gasteiger partial charge in [-0.3, -0.25) is 9.80 Å². The summed E-state index contributed by atoms with van der Waals surface area (Å²) in [7, 11) is 0. The average Bonchev–Trinajstić information content (AvgIpc) is 2.64. The Bertz CT molecular complexity index is 283. The number of nitrogens with zero attached hydrogens (tertiary/aromatic N) is 1. The molecule has 0 spiro atoms. The van der Waals surface area contributed by atoms with E-state index in [0.717, 1.165) is 6.42 Å². The van der Waals surface area contributed by atoms with Crippen LogP contribution in [0.15, 0.2) is 17.5 Å². The molecule has 0 aliphatic carbocycles. The molecule has 0 saturated carbocycles. The Hall–Kier alpha value is -0.870. The maximum Gasteiger partial charge on any atom is 0.237 e. The highest BCUT2D eigenvalue weighted by Gasteiger charge is 2.30. The molecule has 2 heterocycles. The van der Waals surface area contributed by atoms with Crippen LogP contribution in [0.25, 0.3) is 0 Å². The number of carbonyl (C=O) groups is 1. The Morgan fingerprint density at radius 1 is 1.67 bits per heavy atom. The number of rotatable bonds is 1. The summed E-state index contributed by atoms with van der Waals surface area (Å²) in [6.45, 7) is 0. The number of hydrazine groups is 1. The first kappa shape index (κ1) is 7.76. The Labute approximate surface area is 74.8 Å². The minimum absolute atomic E-state index is 0.0494. The zero-order valence-electron chi connectivity index (χ0n) is 6.56. The van der Waals surface area contributed by atoms with Gasteiger partial charge in [-0.2, -0.15) is 0 Å². The molecule has 0 radical (unpaired) electrons. The summed E-state index contributed by atoms with van der Waals surface area (Å²) >= 11 is 1.65. The third-order valence-corrected chi connectivity index (χ3v) is 3.10. The molecule has 1 atom stereocenters. The van der Waals surface area contributed by atoms with E-state index in [-0.39, 0.29) is 11.9 Å². The molecule has 12 heavy (non-hydrogen) atoms. The van der Waals surface area contributed by atoms with Crippen molar-refractivity contribution in [1.29, 1.82) is 0 Å². The molecule has 3 nitrogen and oxygen atoms in total. The fraction of sp³-hybridized carbons (Fsp3) is 0.375. The van der Waals surface area contributed by atoms with Crippen molar-refractivity contribution < 1.29 is 4.79 Å². The minimum atomic E-state index is 0.0494. The zero-order valence-corrected chi connectivity index (χ0v) is 7.38. The van der Waals surface area contributed by atoms with Crippen LogP contribution in [-0.2, 0) is 4.79 Å². The third kappa shape index (κ3) is 1.13. The predicted octanol–water partition coefficient (Wildman–Crippen LogP) is 1.29. The summed E-state index contributed by atoms with van der Waals surface area (Å²) in [6.07, 6.45) is 1.44. The number of thiophene rings is 1. The molecule has 1 fully saturated rings. The highest BCUT2D eigenvalue weighted by Crippen LogP contribution is 2.32. The van der Waals surface area contributed by atoms with E-state index in [1.54, 1.807) is 11.3 Å². The van der Waals surface area contributed by atoms with E-state index in [1.165, 1.54) is 9.89 Å². The van der Waals surface area contributed by atoms with Crippen molar-refractivity contribution in [3.8, 4) is 0 Å². The first-order valence-electron chi connectivity index (χ1n) is 3.89. The Morgan fingerprint density at radius 2 is 2.50 bits per heavy atom. The Morgan fingerprint density at radius 3 is 3.00 bits per heavy atom. The smallest absolute Gasteiger partial charge is 0.237 e. The predicted molar refractivity (Wildman–Crippen MR) is 47.3 cm³/mol. The highest BCUT2D eigenvalue weighted by atomic mass is 32.1. The van der Waals surface area contributed by atoms with Crippen molar-refractivity contribution in [2.45, 2.75) is 18.9 Å². The number of amides is 1. The molecule has 2 rings (SSSR count). The molecule has 1 aliphatic heterocycles. The summed E-state index contributed by atoms with van der Waals surface area (Å²) in [5, 5.41) is 3.36. The average molecular weight is 182 g/mol. The van der Waals surface area contributed by atoms with Gasteiger partial charge in [0.05, 0.1) is 6.04 Å². The third-order valence-electron chi connectivity index (χ3n) is 2.13. The maximum absolute atomic E-state index is 11.1. The van der Waals surface area contributed by atoms with Crippen LogP contribution in [0.3, 0.4) is 0 Å². The number of carbonyl (C=O) groups excluding carboxylic acids is 1. The summed E-state index contributed by atoms with van der Waals surface area (Å²) in [6, 6.07) is 4.13. The lowest BCUT2D eigenvalue weighted by atomic mass is 10.2. The van der Waals surface area contributed by atoms with Gasteiger partial charge in [-0.15, -0.1) is 11.3 Å². The Kier molecular flexibility index (Phi) is 1.86. The second kappa shape index (κ2) is 2.88. The van der Waals surface area contributed by atoms with Crippen LogP contribution in [0.2, 0.25) is 0 Å². The van der Waals surface area contributed by atoms with Gasteiger partial charge in [-0.1, -0.05) is 6.07 Å². The van der Waals surface area contributed by atoms with E-state index < -0.39 is 0 Å². The lowest BCUT2D eigenvalue weighted by Crippen LogP contribution is -2.33. The molecule has 64 valence electrons. The highest BCUT2D eigenvalue weighted by molar-refractivity contribution is 7.10. The maximum atomic E-state index is 11.1. The van der Waals surface area contributed by atoms with E-state index in [2.05, 4.69) is 0 Å². The molecule has 4 heteroatoms. The largest absolute Gasteiger partial charge is 0.273 e. The fourth-order valence-corrected chi connectivity index (χ4v) is 2.32. The van der Waals surface area contributed by atoms with Gasteiger partial charge < -0.3 is 0 Å². The standard InChI is InChI=1S/C8H10N2OS/c9-10-6(3-4-8(10)11)7-2-1-5-12-7/h1-2,5-6H,3-4,9H2. The van der Waals surface area contributed by atoms with Crippen LogP contribution in [0.5, 0.6) is 0 Å². The Balaban J connectivity index is 2.21. The second-order valence-electron chi connectivity index (χ2n) is 2.87. The minimum Gasteiger partial charge on any atom is -0.273 e. The van der Waals surface area contributed by atoms with Gasteiger partial charge in [0.2, 0.25) is 5.91 Å². The molecule has 1 aliphatic rings. The van der Waals surface area contributed by atoms with E-state index in [1.807, 2.05) is 17.5 Å².